The van der Waals surface area contributed by atoms with E-state index in [4.69, 9.17) is 15.2 Å². The normalized spacial score (nSPS) is 20.9. The van der Waals surface area contributed by atoms with Crippen molar-refractivity contribution in [3.05, 3.63) is 29.8 Å². The number of ether oxygens (including phenoxy) is 2. The van der Waals surface area contributed by atoms with Crippen molar-refractivity contribution >= 4 is 17.7 Å². The fraction of sp³-hybridized carbons (Fsp3) is 0.704. The molecule has 0 saturated carbocycles. The first-order valence-electron chi connectivity index (χ1n) is 12.6. The molecule has 7 heteroatoms. The van der Waals surface area contributed by atoms with Crippen LogP contribution >= 0.6 is 0 Å². The molecule has 7 nitrogen and oxygen atoms in total. The molecule has 2 heterocycles. The highest BCUT2D eigenvalue weighted by Gasteiger charge is 2.39. The molecule has 2 aliphatic rings. The Labute approximate surface area is 204 Å². The van der Waals surface area contributed by atoms with Crippen LogP contribution in [0.15, 0.2) is 24.3 Å². The van der Waals surface area contributed by atoms with Crippen LogP contribution in [0.1, 0.15) is 66.4 Å². The van der Waals surface area contributed by atoms with Crippen LogP contribution in [0.3, 0.4) is 0 Å². The summed E-state index contributed by atoms with van der Waals surface area (Å²) >= 11 is 0. The van der Waals surface area contributed by atoms with Crippen LogP contribution in [-0.2, 0) is 20.7 Å². The van der Waals surface area contributed by atoms with Gasteiger partial charge in [0.2, 0.25) is 0 Å². The summed E-state index contributed by atoms with van der Waals surface area (Å²) in [6, 6.07) is 8.74. The van der Waals surface area contributed by atoms with Crippen molar-refractivity contribution < 1.29 is 19.1 Å². The Bertz CT molecular complexity index is 850. The van der Waals surface area contributed by atoms with Crippen LogP contribution in [0.2, 0.25) is 0 Å². The van der Waals surface area contributed by atoms with Gasteiger partial charge >= 0.3 is 12.1 Å². The molecular formula is C27H43N3O4. The Morgan fingerprint density at radius 1 is 1.00 bits per heavy atom. The maximum absolute atomic E-state index is 13.3. The summed E-state index contributed by atoms with van der Waals surface area (Å²) in [5, 5.41) is 0. The van der Waals surface area contributed by atoms with Crippen molar-refractivity contribution in [2.45, 2.75) is 84.5 Å². The van der Waals surface area contributed by atoms with Gasteiger partial charge in [-0.05, 0) is 90.8 Å². The highest BCUT2D eigenvalue weighted by molar-refractivity contribution is 5.74. The Balaban J connectivity index is 1.75. The molecule has 0 aliphatic carbocycles. The van der Waals surface area contributed by atoms with E-state index >= 15 is 0 Å². The van der Waals surface area contributed by atoms with Gasteiger partial charge in [-0.3, -0.25) is 4.79 Å². The quantitative estimate of drug-likeness (QED) is 0.639. The summed E-state index contributed by atoms with van der Waals surface area (Å²) < 4.78 is 11.4. The molecule has 0 radical (unpaired) electrons. The molecule has 1 aromatic carbocycles. The maximum Gasteiger partial charge on any atom is 0.410 e. The van der Waals surface area contributed by atoms with Gasteiger partial charge in [-0.1, -0.05) is 12.1 Å². The minimum absolute atomic E-state index is 0.0269. The number of rotatable bonds is 5. The molecule has 0 spiro atoms. The van der Waals surface area contributed by atoms with E-state index in [2.05, 4.69) is 29.2 Å². The number of amides is 1. The number of nitrogens with two attached hydrogens (primary N) is 1. The molecule has 3 rings (SSSR count). The van der Waals surface area contributed by atoms with E-state index in [1.807, 2.05) is 41.5 Å². The molecule has 1 aromatic rings. The Morgan fingerprint density at radius 3 is 2.26 bits per heavy atom. The molecule has 190 valence electrons. The number of esters is 1. The smallest absolute Gasteiger partial charge is 0.410 e. The minimum Gasteiger partial charge on any atom is -0.460 e. The molecule has 2 fully saturated rings. The topological polar surface area (TPSA) is 85.1 Å². The predicted molar refractivity (Wildman–Crippen MR) is 135 cm³/mol. The highest BCUT2D eigenvalue weighted by atomic mass is 16.6. The average Bonchev–Trinajstić information content (AvgIpc) is 3.20. The lowest BCUT2D eigenvalue weighted by atomic mass is 9.85. The van der Waals surface area contributed by atoms with Gasteiger partial charge in [0, 0.05) is 37.9 Å². The first kappa shape index (κ1) is 26.3. The van der Waals surface area contributed by atoms with Gasteiger partial charge in [0.05, 0.1) is 5.92 Å². The van der Waals surface area contributed by atoms with Crippen LogP contribution < -0.4 is 10.6 Å². The van der Waals surface area contributed by atoms with Gasteiger partial charge in [-0.2, -0.15) is 0 Å². The molecule has 2 atom stereocenters. The second-order valence-corrected chi connectivity index (χ2v) is 11.8. The molecule has 0 aromatic heterocycles. The van der Waals surface area contributed by atoms with Crippen molar-refractivity contribution in [2.24, 2.45) is 17.6 Å². The first-order valence-corrected chi connectivity index (χ1v) is 12.6. The predicted octanol–water partition coefficient (Wildman–Crippen LogP) is 4.37. The Hall–Kier alpha value is -2.28. The third kappa shape index (κ3) is 7.62. The fourth-order valence-corrected chi connectivity index (χ4v) is 4.72. The van der Waals surface area contributed by atoms with Crippen molar-refractivity contribution in [3.8, 4) is 0 Å². The van der Waals surface area contributed by atoms with Crippen LogP contribution in [0, 0.1) is 11.8 Å². The van der Waals surface area contributed by atoms with Crippen LogP contribution in [0.4, 0.5) is 10.5 Å². The zero-order valence-electron chi connectivity index (χ0n) is 21.8. The highest BCUT2D eigenvalue weighted by Crippen LogP contribution is 2.31. The van der Waals surface area contributed by atoms with Gasteiger partial charge in [0.1, 0.15) is 11.2 Å². The zero-order chi connectivity index (χ0) is 25.1. The number of benzene rings is 1. The average molecular weight is 474 g/mol. The number of hydrogen-bond acceptors (Lipinski definition) is 6. The summed E-state index contributed by atoms with van der Waals surface area (Å²) in [5.74, 6) is -0.492. The lowest BCUT2D eigenvalue weighted by molar-refractivity contribution is -0.161. The summed E-state index contributed by atoms with van der Waals surface area (Å²) in [6.45, 7) is 14.3. The lowest BCUT2D eigenvalue weighted by Crippen LogP contribution is -2.39. The largest absolute Gasteiger partial charge is 0.460 e. The Morgan fingerprint density at radius 2 is 1.65 bits per heavy atom. The molecule has 2 N–H and O–H groups in total. The Kier molecular flexibility index (Phi) is 8.17. The molecule has 2 saturated heterocycles. The van der Waals surface area contributed by atoms with E-state index < -0.39 is 11.2 Å². The fourth-order valence-electron chi connectivity index (χ4n) is 4.72. The molecule has 34 heavy (non-hydrogen) atoms. The third-order valence-electron chi connectivity index (χ3n) is 6.43. The van der Waals surface area contributed by atoms with E-state index in [0.717, 1.165) is 37.9 Å². The standard InChI is InChI=1S/C27H43N3O4/c1-26(2,3)33-24(31)23(20-10-13-30(18-20)25(32)34-27(4,5)6)17-19-8-7-9-22(16-19)29-14-11-21(28)12-15-29/h7-9,16,20-21,23H,10-15,17-18,28H2,1-6H3/t20-,23-/m0/s1. The third-order valence-corrected chi connectivity index (χ3v) is 6.43. The molecule has 2 aliphatic heterocycles. The van der Waals surface area contributed by atoms with Gasteiger partial charge in [0.25, 0.3) is 0 Å². The molecule has 1 amide bonds. The number of hydrogen-bond donors (Lipinski definition) is 1. The van der Waals surface area contributed by atoms with Crippen molar-refractivity contribution in [2.75, 3.05) is 31.1 Å². The second kappa shape index (κ2) is 10.5. The number of likely N-dealkylation sites (tertiary alicyclic amines) is 1. The zero-order valence-corrected chi connectivity index (χ0v) is 21.8. The monoisotopic (exact) mass is 473 g/mol. The van der Waals surface area contributed by atoms with E-state index in [1.165, 1.54) is 5.69 Å². The lowest BCUT2D eigenvalue weighted by Gasteiger charge is -2.32. The van der Waals surface area contributed by atoms with Crippen molar-refractivity contribution in [3.63, 3.8) is 0 Å². The number of anilines is 1. The number of nitrogens with zero attached hydrogens (tertiary/aromatic N) is 2. The summed E-state index contributed by atoms with van der Waals surface area (Å²) in [4.78, 5) is 30.0. The minimum atomic E-state index is -0.562. The van der Waals surface area contributed by atoms with Crippen LogP contribution in [0.25, 0.3) is 0 Å². The van der Waals surface area contributed by atoms with Crippen molar-refractivity contribution in [1.82, 2.24) is 4.90 Å². The number of carbonyl (C=O) groups is 2. The van der Waals surface area contributed by atoms with Gasteiger partial charge < -0.3 is 25.0 Å². The van der Waals surface area contributed by atoms with E-state index in [9.17, 15) is 9.59 Å². The van der Waals surface area contributed by atoms with E-state index in [0.29, 0.717) is 19.5 Å². The molecule has 0 unspecified atom stereocenters. The second-order valence-electron chi connectivity index (χ2n) is 11.8. The van der Waals surface area contributed by atoms with E-state index in [1.54, 1.807) is 4.90 Å². The maximum atomic E-state index is 13.3. The molecule has 0 bridgehead atoms. The SMILES string of the molecule is CC(C)(C)OC(=O)[C@@H](Cc1cccc(N2CCC(N)CC2)c1)[C@H]1CCN(C(=O)OC(C)(C)C)C1. The van der Waals surface area contributed by atoms with Gasteiger partial charge in [-0.15, -0.1) is 0 Å². The first-order chi connectivity index (χ1) is 15.8. The van der Waals surface area contributed by atoms with E-state index in [-0.39, 0.29) is 29.9 Å². The number of carbonyl (C=O) groups excluding carboxylic acids is 2. The van der Waals surface area contributed by atoms with Crippen molar-refractivity contribution in [1.29, 1.82) is 0 Å². The van der Waals surface area contributed by atoms with Crippen LogP contribution in [-0.4, -0.2) is 60.4 Å². The summed E-state index contributed by atoms with van der Waals surface area (Å²) in [7, 11) is 0. The van der Waals surface area contributed by atoms with Crippen LogP contribution in [0.5, 0.6) is 0 Å². The summed E-state index contributed by atoms with van der Waals surface area (Å²) in [5.41, 5.74) is 7.26. The van der Waals surface area contributed by atoms with Gasteiger partial charge in [-0.25, -0.2) is 4.79 Å². The summed E-state index contributed by atoms with van der Waals surface area (Å²) in [6.07, 6.45) is 3.01. The van der Waals surface area contributed by atoms with Gasteiger partial charge in [0.15, 0.2) is 0 Å². The number of piperidine rings is 1. The molecular weight excluding hydrogens is 430 g/mol.